The van der Waals surface area contributed by atoms with Gasteiger partial charge in [0.05, 0.1) is 23.5 Å². The van der Waals surface area contributed by atoms with Gasteiger partial charge in [-0.05, 0) is 13.0 Å². The van der Waals surface area contributed by atoms with Crippen molar-refractivity contribution in [3.63, 3.8) is 0 Å². The molecule has 126 valence electrons. The van der Waals surface area contributed by atoms with Crippen molar-refractivity contribution in [3.05, 3.63) is 45.6 Å². The number of nitrogens with one attached hydrogen (secondary N) is 2. The number of nitro benzene ring substituents is 1. The summed E-state index contributed by atoms with van der Waals surface area (Å²) in [7, 11) is 1.18. The molecule has 2 rings (SSSR count). The van der Waals surface area contributed by atoms with E-state index in [1.165, 1.54) is 38.3 Å². The normalized spacial score (nSPS) is 17.1. The maximum atomic E-state index is 12.5. The Bertz CT molecular complexity index is 755. The van der Waals surface area contributed by atoms with Gasteiger partial charge in [0.25, 0.3) is 5.69 Å². The maximum Gasteiger partial charge on any atom is 0.336 e. The van der Waals surface area contributed by atoms with Crippen LogP contribution in [0.4, 0.5) is 11.4 Å². The average molecular weight is 333 g/mol. The van der Waals surface area contributed by atoms with E-state index in [2.05, 4.69) is 15.4 Å². The van der Waals surface area contributed by atoms with Crippen molar-refractivity contribution >= 4 is 29.2 Å². The second kappa shape index (κ2) is 6.90. The van der Waals surface area contributed by atoms with Crippen LogP contribution in [0.15, 0.2) is 35.5 Å². The highest BCUT2D eigenvalue weighted by atomic mass is 16.6. The maximum absolute atomic E-state index is 12.5. The second-order valence-corrected chi connectivity index (χ2v) is 5.13. The van der Waals surface area contributed by atoms with E-state index in [-0.39, 0.29) is 29.1 Å². The number of carbonyl (C=O) groups is 3. The van der Waals surface area contributed by atoms with Crippen LogP contribution in [0.3, 0.4) is 0 Å². The fourth-order valence-electron chi connectivity index (χ4n) is 2.43. The molecule has 1 atom stereocenters. The molecule has 0 unspecified atom stereocenters. The summed E-state index contributed by atoms with van der Waals surface area (Å²) >= 11 is 0. The number of esters is 1. The van der Waals surface area contributed by atoms with Crippen LogP contribution in [0, 0.1) is 16.0 Å². The number of nitrogens with zero attached hydrogens (tertiary/aromatic N) is 1. The van der Waals surface area contributed by atoms with E-state index in [4.69, 9.17) is 0 Å². The largest absolute Gasteiger partial charge is 0.466 e. The van der Waals surface area contributed by atoms with E-state index in [1.807, 2.05) is 0 Å². The second-order valence-electron chi connectivity index (χ2n) is 5.13. The highest BCUT2D eigenvalue weighted by Gasteiger charge is 2.36. The van der Waals surface area contributed by atoms with Crippen LogP contribution in [-0.4, -0.2) is 29.8 Å². The molecule has 2 N–H and O–H groups in total. The summed E-state index contributed by atoms with van der Waals surface area (Å²) in [5.41, 5.74) is 0.313. The van der Waals surface area contributed by atoms with Gasteiger partial charge in [-0.25, -0.2) is 4.79 Å². The number of non-ortho nitro benzene ring substituents is 1. The van der Waals surface area contributed by atoms with Gasteiger partial charge in [-0.2, -0.15) is 0 Å². The molecule has 24 heavy (non-hydrogen) atoms. The Morgan fingerprint density at radius 2 is 2.12 bits per heavy atom. The molecular formula is C15H15N3O6. The molecule has 0 spiro atoms. The Kier molecular flexibility index (Phi) is 4.93. The quantitative estimate of drug-likeness (QED) is 0.483. The van der Waals surface area contributed by atoms with Crippen LogP contribution < -0.4 is 10.6 Å². The number of anilines is 1. The summed E-state index contributed by atoms with van der Waals surface area (Å²) in [4.78, 5) is 46.2. The lowest BCUT2D eigenvalue weighted by Crippen LogP contribution is -2.40. The summed E-state index contributed by atoms with van der Waals surface area (Å²) in [6, 6.07) is 5.37. The van der Waals surface area contributed by atoms with Crippen molar-refractivity contribution in [1.29, 1.82) is 0 Å². The number of amides is 2. The van der Waals surface area contributed by atoms with Crippen molar-refractivity contribution < 1.29 is 24.0 Å². The average Bonchev–Trinajstić information content (AvgIpc) is 2.53. The van der Waals surface area contributed by atoms with E-state index in [1.54, 1.807) is 0 Å². The summed E-state index contributed by atoms with van der Waals surface area (Å²) in [5.74, 6) is -2.78. The van der Waals surface area contributed by atoms with Gasteiger partial charge >= 0.3 is 5.97 Å². The number of hydrogen-bond donors (Lipinski definition) is 2. The van der Waals surface area contributed by atoms with Crippen LogP contribution in [0.2, 0.25) is 0 Å². The van der Waals surface area contributed by atoms with Crippen molar-refractivity contribution in [3.8, 4) is 0 Å². The zero-order valence-corrected chi connectivity index (χ0v) is 13.0. The monoisotopic (exact) mass is 333 g/mol. The van der Waals surface area contributed by atoms with Crippen molar-refractivity contribution in [2.45, 2.75) is 13.3 Å². The number of carbonyl (C=O) groups excluding carboxylic acids is 3. The van der Waals surface area contributed by atoms with Crippen LogP contribution >= 0.6 is 0 Å². The van der Waals surface area contributed by atoms with Crippen molar-refractivity contribution in [1.82, 2.24) is 5.32 Å². The van der Waals surface area contributed by atoms with Gasteiger partial charge < -0.3 is 15.4 Å². The third-order valence-corrected chi connectivity index (χ3v) is 3.52. The molecule has 1 aliphatic rings. The fourth-order valence-corrected chi connectivity index (χ4v) is 2.43. The molecule has 9 heteroatoms. The molecule has 0 aromatic heterocycles. The predicted octanol–water partition coefficient (Wildman–Crippen LogP) is 1.12. The molecule has 0 saturated carbocycles. The minimum absolute atomic E-state index is 0.0556. The molecular weight excluding hydrogens is 318 g/mol. The summed E-state index contributed by atoms with van der Waals surface area (Å²) in [5, 5.41) is 15.8. The SMILES string of the molecule is COC(=O)C1=C(C)NC(=O)C[C@H]1C(=O)Nc1cccc([N+](=O)[O-])c1. The third kappa shape index (κ3) is 3.57. The number of allylic oxidation sites excluding steroid dienone is 1. The van der Waals surface area contributed by atoms with Crippen molar-refractivity contribution in [2.24, 2.45) is 5.92 Å². The molecule has 1 aromatic carbocycles. The number of rotatable bonds is 4. The summed E-state index contributed by atoms with van der Waals surface area (Å²) in [6.45, 7) is 1.50. The van der Waals surface area contributed by atoms with Gasteiger partial charge in [0.15, 0.2) is 0 Å². The van der Waals surface area contributed by atoms with E-state index in [0.717, 1.165) is 0 Å². The first-order valence-electron chi connectivity index (χ1n) is 6.97. The number of methoxy groups -OCH3 is 1. The lowest BCUT2D eigenvalue weighted by molar-refractivity contribution is -0.384. The van der Waals surface area contributed by atoms with Gasteiger partial charge in [0.1, 0.15) is 0 Å². The Balaban J connectivity index is 2.28. The van der Waals surface area contributed by atoms with Crippen LogP contribution in [0.1, 0.15) is 13.3 Å². The zero-order chi connectivity index (χ0) is 17.9. The molecule has 2 amide bonds. The molecule has 0 fully saturated rings. The van der Waals surface area contributed by atoms with Crippen LogP contribution in [-0.2, 0) is 19.1 Å². The van der Waals surface area contributed by atoms with Gasteiger partial charge in [-0.3, -0.25) is 19.7 Å². The Hall–Kier alpha value is -3.23. The van der Waals surface area contributed by atoms with Gasteiger partial charge in [0, 0.05) is 29.9 Å². The van der Waals surface area contributed by atoms with E-state index < -0.39 is 28.6 Å². The minimum Gasteiger partial charge on any atom is -0.466 e. The zero-order valence-electron chi connectivity index (χ0n) is 13.0. The molecule has 0 radical (unpaired) electrons. The lowest BCUT2D eigenvalue weighted by Gasteiger charge is -2.25. The number of nitro groups is 1. The highest BCUT2D eigenvalue weighted by molar-refractivity contribution is 6.06. The molecule has 1 heterocycles. The fraction of sp³-hybridized carbons (Fsp3) is 0.267. The standard InChI is InChI=1S/C15H15N3O6/c1-8-13(15(21)24-2)11(7-12(19)16-8)14(20)17-9-4-3-5-10(6-9)18(22)23/h3-6,11H,7H2,1-2H3,(H,16,19)(H,17,20)/t11-/m1/s1. The predicted molar refractivity (Wildman–Crippen MR) is 82.7 cm³/mol. The number of benzene rings is 1. The number of ether oxygens (including phenoxy) is 1. The lowest BCUT2D eigenvalue weighted by atomic mass is 9.89. The molecule has 1 aliphatic heterocycles. The van der Waals surface area contributed by atoms with Gasteiger partial charge in [-0.1, -0.05) is 6.07 Å². The van der Waals surface area contributed by atoms with Gasteiger partial charge in [0.2, 0.25) is 11.8 Å². The molecule has 0 aliphatic carbocycles. The van der Waals surface area contributed by atoms with E-state index >= 15 is 0 Å². The molecule has 0 bridgehead atoms. The smallest absolute Gasteiger partial charge is 0.336 e. The molecule has 1 aromatic rings. The topological polar surface area (TPSA) is 128 Å². The Labute approximate surface area is 136 Å². The van der Waals surface area contributed by atoms with E-state index in [0.29, 0.717) is 0 Å². The van der Waals surface area contributed by atoms with Crippen LogP contribution in [0.25, 0.3) is 0 Å². The van der Waals surface area contributed by atoms with Gasteiger partial charge in [-0.15, -0.1) is 0 Å². The minimum atomic E-state index is -1.04. The first-order valence-corrected chi connectivity index (χ1v) is 6.97. The molecule has 0 saturated heterocycles. The first kappa shape index (κ1) is 17.1. The third-order valence-electron chi connectivity index (χ3n) is 3.52. The summed E-state index contributed by atoms with van der Waals surface area (Å²) < 4.78 is 4.66. The molecule has 9 nitrogen and oxygen atoms in total. The highest BCUT2D eigenvalue weighted by Crippen LogP contribution is 2.26. The van der Waals surface area contributed by atoms with Crippen molar-refractivity contribution in [2.75, 3.05) is 12.4 Å². The number of hydrogen-bond acceptors (Lipinski definition) is 6. The first-order chi connectivity index (χ1) is 11.3. The van der Waals surface area contributed by atoms with E-state index in [9.17, 15) is 24.5 Å². The van der Waals surface area contributed by atoms with Crippen LogP contribution in [0.5, 0.6) is 0 Å². The Morgan fingerprint density at radius 1 is 1.42 bits per heavy atom. The Morgan fingerprint density at radius 3 is 2.75 bits per heavy atom. The summed E-state index contributed by atoms with van der Waals surface area (Å²) in [6.07, 6.45) is -0.220.